The maximum absolute atomic E-state index is 11.0. The minimum atomic E-state index is -0.437. The molecule has 0 spiro atoms. The standard InChI is InChI=1S/C14H14ClN3O2/c15-12-5-6-14(18(19)20)13(7-12)17-9-11-4-2-1-3-10(11)8-16/h1-7,17H,8-9,16H2. The van der Waals surface area contributed by atoms with Crippen molar-refractivity contribution < 1.29 is 4.92 Å². The van der Waals surface area contributed by atoms with Gasteiger partial charge in [-0.25, -0.2) is 0 Å². The Balaban J connectivity index is 2.22. The van der Waals surface area contributed by atoms with E-state index in [4.69, 9.17) is 17.3 Å². The zero-order chi connectivity index (χ0) is 14.5. The van der Waals surface area contributed by atoms with Crippen molar-refractivity contribution in [1.82, 2.24) is 0 Å². The number of nitro benzene ring substituents is 1. The summed E-state index contributed by atoms with van der Waals surface area (Å²) in [5, 5.41) is 14.5. The first-order valence-corrected chi connectivity index (χ1v) is 6.44. The molecule has 0 aliphatic heterocycles. The second-order valence-corrected chi connectivity index (χ2v) is 4.68. The highest BCUT2D eigenvalue weighted by atomic mass is 35.5. The summed E-state index contributed by atoms with van der Waals surface area (Å²) >= 11 is 5.88. The Morgan fingerprint density at radius 2 is 1.90 bits per heavy atom. The molecule has 2 aromatic carbocycles. The molecule has 0 aromatic heterocycles. The third-order valence-electron chi connectivity index (χ3n) is 2.96. The molecule has 6 heteroatoms. The van der Waals surface area contributed by atoms with Gasteiger partial charge < -0.3 is 11.1 Å². The van der Waals surface area contributed by atoms with Crippen LogP contribution in [0.3, 0.4) is 0 Å². The molecular formula is C14H14ClN3O2. The monoisotopic (exact) mass is 291 g/mol. The summed E-state index contributed by atoms with van der Waals surface area (Å²) < 4.78 is 0. The molecule has 104 valence electrons. The molecule has 2 aromatic rings. The fourth-order valence-corrected chi connectivity index (χ4v) is 2.10. The van der Waals surface area contributed by atoms with Gasteiger partial charge in [-0.3, -0.25) is 10.1 Å². The van der Waals surface area contributed by atoms with Gasteiger partial charge in [-0.1, -0.05) is 35.9 Å². The van der Waals surface area contributed by atoms with Crippen LogP contribution in [0.15, 0.2) is 42.5 Å². The Bertz CT molecular complexity index is 632. The molecule has 0 aliphatic carbocycles. The van der Waals surface area contributed by atoms with Gasteiger partial charge in [0.15, 0.2) is 0 Å². The number of anilines is 1. The van der Waals surface area contributed by atoms with E-state index in [1.54, 1.807) is 6.07 Å². The maximum Gasteiger partial charge on any atom is 0.292 e. The largest absolute Gasteiger partial charge is 0.375 e. The third kappa shape index (κ3) is 3.26. The highest BCUT2D eigenvalue weighted by molar-refractivity contribution is 6.31. The molecule has 0 atom stereocenters. The molecule has 0 heterocycles. The number of nitrogens with zero attached hydrogens (tertiary/aromatic N) is 1. The fourth-order valence-electron chi connectivity index (χ4n) is 1.93. The average Bonchev–Trinajstić information content (AvgIpc) is 2.45. The number of nitro groups is 1. The Kier molecular flexibility index (Phi) is 4.55. The molecule has 2 rings (SSSR count). The lowest BCUT2D eigenvalue weighted by atomic mass is 10.1. The van der Waals surface area contributed by atoms with Crippen molar-refractivity contribution in [3.05, 3.63) is 68.7 Å². The van der Waals surface area contributed by atoms with Crippen LogP contribution < -0.4 is 11.1 Å². The minimum Gasteiger partial charge on any atom is -0.375 e. The van der Waals surface area contributed by atoms with Crippen LogP contribution in [0.5, 0.6) is 0 Å². The molecule has 0 radical (unpaired) electrons. The number of hydrogen-bond acceptors (Lipinski definition) is 4. The van der Waals surface area contributed by atoms with Crippen molar-refractivity contribution in [2.45, 2.75) is 13.1 Å². The summed E-state index contributed by atoms with van der Waals surface area (Å²) in [6, 6.07) is 12.1. The van der Waals surface area contributed by atoms with Crippen molar-refractivity contribution in [2.75, 3.05) is 5.32 Å². The molecular weight excluding hydrogens is 278 g/mol. The van der Waals surface area contributed by atoms with Crippen LogP contribution in [0.25, 0.3) is 0 Å². The first kappa shape index (κ1) is 14.3. The average molecular weight is 292 g/mol. The Morgan fingerprint density at radius 1 is 1.20 bits per heavy atom. The van der Waals surface area contributed by atoms with Crippen molar-refractivity contribution in [1.29, 1.82) is 0 Å². The van der Waals surface area contributed by atoms with Crippen LogP contribution in [0.2, 0.25) is 5.02 Å². The molecule has 0 fully saturated rings. The maximum atomic E-state index is 11.0. The molecule has 0 amide bonds. The van der Waals surface area contributed by atoms with Gasteiger partial charge in [0.25, 0.3) is 5.69 Å². The SMILES string of the molecule is NCc1ccccc1CNc1cc(Cl)ccc1[N+](=O)[O-]. The van der Waals surface area contributed by atoms with Gasteiger partial charge in [0.05, 0.1) is 4.92 Å². The number of rotatable bonds is 5. The van der Waals surface area contributed by atoms with Crippen LogP contribution in [0, 0.1) is 10.1 Å². The van der Waals surface area contributed by atoms with Gasteiger partial charge in [-0.2, -0.15) is 0 Å². The van der Waals surface area contributed by atoms with Crippen molar-refractivity contribution in [3.63, 3.8) is 0 Å². The highest BCUT2D eigenvalue weighted by Crippen LogP contribution is 2.28. The van der Waals surface area contributed by atoms with Gasteiger partial charge in [0.2, 0.25) is 0 Å². The van der Waals surface area contributed by atoms with Crippen molar-refractivity contribution >= 4 is 23.0 Å². The summed E-state index contributed by atoms with van der Waals surface area (Å²) in [7, 11) is 0. The minimum absolute atomic E-state index is 0.000343. The Hall–Kier alpha value is -2.11. The number of nitrogens with two attached hydrogens (primary N) is 1. The predicted octanol–water partition coefficient (Wildman–Crippen LogP) is 3.32. The predicted molar refractivity (Wildman–Crippen MR) is 79.8 cm³/mol. The normalized spacial score (nSPS) is 10.3. The summed E-state index contributed by atoms with van der Waals surface area (Å²) in [4.78, 5) is 10.5. The quantitative estimate of drug-likeness (QED) is 0.654. The van der Waals surface area contributed by atoms with Gasteiger partial charge in [0, 0.05) is 24.2 Å². The van der Waals surface area contributed by atoms with Crippen LogP contribution in [0.1, 0.15) is 11.1 Å². The Morgan fingerprint density at radius 3 is 2.55 bits per heavy atom. The van der Waals surface area contributed by atoms with E-state index in [1.807, 2.05) is 24.3 Å². The van der Waals surface area contributed by atoms with E-state index in [0.29, 0.717) is 23.8 Å². The number of halogens is 1. The third-order valence-corrected chi connectivity index (χ3v) is 3.20. The molecule has 0 unspecified atom stereocenters. The fraction of sp³-hybridized carbons (Fsp3) is 0.143. The highest BCUT2D eigenvalue weighted by Gasteiger charge is 2.13. The van der Waals surface area contributed by atoms with Crippen molar-refractivity contribution in [2.24, 2.45) is 5.73 Å². The van der Waals surface area contributed by atoms with E-state index in [1.165, 1.54) is 12.1 Å². The smallest absolute Gasteiger partial charge is 0.292 e. The zero-order valence-corrected chi connectivity index (χ0v) is 11.4. The second-order valence-electron chi connectivity index (χ2n) is 4.24. The second kappa shape index (κ2) is 6.36. The molecule has 0 saturated heterocycles. The summed E-state index contributed by atoms with van der Waals surface area (Å²) in [5.41, 5.74) is 8.07. The van der Waals surface area contributed by atoms with E-state index in [2.05, 4.69) is 5.32 Å². The molecule has 5 nitrogen and oxygen atoms in total. The van der Waals surface area contributed by atoms with Gasteiger partial charge in [-0.15, -0.1) is 0 Å². The van der Waals surface area contributed by atoms with E-state index in [9.17, 15) is 10.1 Å². The van der Waals surface area contributed by atoms with Crippen LogP contribution in [0.4, 0.5) is 11.4 Å². The lowest BCUT2D eigenvalue weighted by Crippen LogP contribution is -2.07. The van der Waals surface area contributed by atoms with Crippen LogP contribution in [-0.4, -0.2) is 4.92 Å². The summed E-state index contributed by atoms with van der Waals surface area (Å²) in [6.07, 6.45) is 0. The number of nitrogens with one attached hydrogen (secondary N) is 1. The molecule has 20 heavy (non-hydrogen) atoms. The molecule has 3 N–H and O–H groups in total. The van der Waals surface area contributed by atoms with Gasteiger partial charge >= 0.3 is 0 Å². The lowest BCUT2D eigenvalue weighted by molar-refractivity contribution is -0.384. The van der Waals surface area contributed by atoms with Gasteiger partial charge in [0.1, 0.15) is 5.69 Å². The molecule has 0 bridgehead atoms. The Labute approximate surface area is 121 Å². The first-order valence-electron chi connectivity index (χ1n) is 6.06. The van der Waals surface area contributed by atoms with E-state index < -0.39 is 4.92 Å². The van der Waals surface area contributed by atoms with Gasteiger partial charge in [-0.05, 0) is 23.3 Å². The topological polar surface area (TPSA) is 81.2 Å². The number of hydrogen-bond donors (Lipinski definition) is 2. The molecule has 0 saturated carbocycles. The van der Waals surface area contributed by atoms with E-state index in [0.717, 1.165) is 11.1 Å². The lowest BCUT2D eigenvalue weighted by Gasteiger charge is -2.10. The van der Waals surface area contributed by atoms with E-state index >= 15 is 0 Å². The zero-order valence-electron chi connectivity index (χ0n) is 10.7. The number of benzene rings is 2. The first-order chi connectivity index (χ1) is 9.61. The summed E-state index contributed by atoms with van der Waals surface area (Å²) in [5.74, 6) is 0. The van der Waals surface area contributed by atoms with E-state index in [-0.39, 0.29) is 5.69 Å². The summed E-state index contributed by atoms with van der Waals surface area (Å²) in [6.45, 7) is 0.879. The van der Waals surface area contributed by atoms with Crippen LogP contribution in [-0.2, 0) is 13.1 Å². The molecule has 0 aliphatic rings. The van der Waals surface area contributed by atoms with Crippen molar-refractivity contribution in [3.8, 4) is 0 Å². The van der Waals surface area contributed by atoms with Crippen LogP contribution >= 0.6 is 11.6 Å².